The monoisotopic (exact) mass is 268 g/mol. The van der Waals surface area contributed by atoms with Crippen molar-refractivity contribution in [3.8, 4) is 0 Å². The van der Waals surface area contributed by atoms with Crippen LogP contribution in [0.15, 0.2) is 5.38 Å². The molecule has 0 spiro atoms. The van der Waals surface area contributed by atoms with Gasteiger partial charge in [-0.15, -0.1) is 11.3 Å². The molecule has 100 valence electrons. The molecule has 0 radical (unpaired) electrons. The van der Waals surface area contributed by atoms with Crippen LogP contribution < -0.4 is 5.32 Å². The van der Waals surface area contributed by atoms with Crippen molar-refractivity contribution in [3.63, 3.8) is 0 Å². The predicted molar refractivity (Wildman–Crippen MR) is 71.9 cm³/mol. The van der Waals surface area contributed by atoms with Crippen molar-refractivity contribution < 1.29 is 9.90 Å². The molecule has 1 aromatic heterocycles. The van der Waals surface area contributed by atoms with Gasteiger partial charge in [0.25, 0.3) is 5.91 Å². The van der Waals surface area contributed by atoms with Crippen LogP contribution in [0.25, 0.3) is 0 Å². The Morgan fingerprint density at radius 2 is 2.11 bits per heavy atom. The lowest BCUT2D eigenvalue weighted by atomic mass is 9.93. The van der Waals surface area contributed by atoms with Gasteiger partial charge in [-0.3, -0.25) is 4.79 Å². The maximum atomic E-state index is 12.0. The number of aliphatic hydroxyl groups excluding tert-OH is 1. The zero-order valence-corrected chi connectivity index (χ0v) is 11.7. The average Bonchev–Trinajstić information content (AvgIpc) is 2.81. The number of nitrogens with one attached hydrogen (secondary N) is 1. The molecule has 0 aromatic carbocycles. The number of carbonyl (C=O) groups excluding carboxylic acids is 1. The standard InChI is InChI=1S/C13H20N2O2S/c1-8(2)11-7-18-13(15-11)12(17)14-9-3-5-10(16)6-4-9/h7-10,16H,3-6H2,1-2H3,(H,14,17). The first kappa shape index (κ1) is 13.5. The second-order valence-electron chi connectivity index (χ2n) is 5.21. The zero-order valence-electron chi connectivity index (χ0n) is 10.8. The summed E-state index contributed by atoms with van der Waals surface area (Å²) in [5.74, 6) is 0.279. The SMILES string of the molecule is CC(C)c1csc(C(=O)NC2CCC(O)CC2)n1. The molecule has 1 aromatic rings. The summed E-state index contributed by atoms with van der Waals surface area (Å²) in [4.78, 5) is 16.4. The summed E-state index contributed by atoms with van der Waals surface area (Å²) in [6.07, 6.45) is 3.08. The molecule has 4 nitrogen and oxygen atoms in total. The van der Waals surface area contributed by atoms with E-state index in [2.05, 4.69) is 24.1 Å². The van der Waals surface area contributed by atoms with E-state index in [9.17, 15) is 9.90 Å². The Balaban J connectivity index is 1.91. The Morgan fingerprint density at radius 1 is 1.44 bits per heavy atom. The molecule has 0 saturated heterocycles. The molecular weight excluding hydrogens is 248 g/mol. The molecule has 1 saturated carbocycles. The van der Waals surface area contributed by atoms with E-state index in [0.29, 0.717) is 10.9 Å². The Morgan fingerprint density at radius 3 is 2.67 bits per heavy atom. The smallest absolute Gasteiger partial charge is 0.280 e. The number of hydrogen-bond acceptors (Lipinski definition) is 4. The molecule has 0 atom stereocenters. The van der Waals surface area contributed by atoms with Crippen molar-refractivity contribution in [2.75, 3.05) is 0 Å². The van der Waals surface area contributed by atoms with Crippen LogP contribution in [0.5, 0.6) is 0 Å². The summed E-state index contributed by atoms with van der Waals surface area (Å²) in [7, 11) is 0. The first-order chi connectivity index (χ1) is 8.56. The number of hydrogen-bond donors (Lipinski definition) is 2. The zero-order chi connectivity index (χ0) is 13.1. The maximum absolute atomic E-state index is 12.0. The summed E-state index contributed by atoms with van der Waals surface area (Å²) < 4.78 is 0. The fraction of sp³-hybridized carbons (Fsp3) is 0.692. The Kier molecular flexibility index (Phi) is 4.35. The van der Waals surface area contributed by atoms with E-state index in [1.807, 2.05) is 5.38 Å². The minimum atomic E-state index is -0.189. The maximum Gasteiger partial charge on any atom is 0.280 e. The Hall–Kier alpha value is -0.940. The van der Waals surface area contributed by atoms with Gasteiger partial charge in [0.05, 0.1) is 11.8 Å². The van der Waals surface area contributed by atoms with Crippen LogP contribution in [-0.2, 0) is 0 Å². The summed E-state index contributed by atoms with van der Waals surface area (Å²) in [5, 5.41) is 14.9. The third-order valence-electron chi connectivity index (χ3n) is 3.34. The van der Waals surface area contributed by atoms with E-state index in [0.717, 1.165) is 31.4 Å². The van der Waals surface area contributed by atoms with Crippen molar-refractivity contribution in [2.24, 2.45) is 0 Å². The second kappa shape index (κ2) is 5.80. The third kappa shape index (κ3) is 3.29. The normalized spacial score (nSPS) is 24.2. The van der Waals surface area contributed by atoms with Gasteiger partial charge in [-0.25, -0.2) is 4.98 Å². The van der Waals surface area contributed by atoms with Gasteiger partial charge >= 0.3 is 0 Å². The van der Waals surface area contributed by atoms with Crippen LogP contribution in [0.2, 0.25) is 0 Å². The first-order valence-corrected chi connectivity index (χ1v) is 7.38. The van der Waals surface area contributed by atoms with Crippen LogP contribution in [0, 0.1) is 0 Å². The van der Waals surface area contributed by atoms with Crippen LogP contribution in [0.1, 0.15) is 60.9 Å². The van der Waals surface area contributed by atoms with Gasteiger partial charge in [-0.2, -0.15) is 0 Å². The number of carbonyl (C=O) groups is 1. The molecule has 1 aliphatic carbocycles. The van der Waals surface area contributed by atoms with E-state index in [-0.39, 0.29) is 18.1 Å². The van der Waals surface area contributed by atoms with Gasteiger partial charge in [0.1, 0.15) is 0 Å². The van der Waals surface area contributed by atoms with Crippen molar-refractivity contribution in [1.82, 2.24) is 10.3 Å². The van der Waals surface area contributed by atoms with E-state index >= 15 is 0 Å². The van der Waals surface area contributed by atoms with E-state index in [4.69, 9.17) is 0 Å². The predicted octanol–water partition coefficient (Wildman–Crippen LogP) is 2.30. The van der Waals surface area contributed by atoms with Gasteiger partial charge in [-0.05, 0) is 31.6 Å². The lowest BCUT2D eigenvalue weighted by molar-refractivity contribution is 0.0867. The molecule has 18 heavy (non-hydrogen) atoms. The minimum absolute atomic E-state index is 0.0757. The Bertz CT molecular complexity index is 409. The Labute approximate surface area is 111 Å². The molecule has 5 heteroatoms. The average molecular weight is 268 g/mol. The fourth-order valence-corrected chi connectivity index (χ4v) is 3.00. The second-order valence-corrected chi connectivity index (χ2v) is 6.07. The molecule has 2 rings (SSSR count). The van der Waals surface area contributed by atoms with E-state index in [1.54, 1.807) is 0 Å². The molecule has 1 heterocycles. The fourth-order valence-electron chi connectivity index (χ4n) is 2.12. The molecule has 0 unspecified atom stereocenters. The summed E-state index contributed by atoms with van der Waals surface area (Å²) >= 11 is 1.40. The lowest BCUT2D eigenvalue weighted by Gasteiger charge is -2.25. The molecule has 1 fully saturated rings. The van der Waals surface area contributed by atoms with E-state index in [1.165, 1.54) is 11.3 Å². The number of rotatable bonds is 3. The van der Waals surface area contributed by atoms with Crippen molar-refractivity contribution >= 4 is 17.2 Å². The summed E-state index contributed by atoms with van der Waals surface area (Å²) in [5.41, 5.74) is 0.976. The van der Waals surface area contributed by atoms with Gasteiger partial charge in [-0.1, -0.05) is 13.8 Å². The summed E-state index contributed by atoms with van der Waals surface area (Å²) in [6, 6.07) is 0.187. The van der Waals surface area contributed by atoms with Crippen molar-refractivity contribution in [1.29, 1.82) is 0 Å². The van der Waals surface area contributed by atoms with Crippen molar-refractivity contribution in [2.45, 2.75) is 57.6 Å². The highest BCUT2D eigenvalue weighted by atomic mass is 32.1. The van der Waals surface area contributed by atoms with Crippen LogP contribution >= 0.6 is 11.3 Å². The number of thiazole rings is 1. The largest absolute Gasteiger partial charge is 0.393 e. The minimum Gasteiger partial charge on any atom is -0.393 e. The number of amides is 1. The van der Waals surface area contributed by atoms with E-state index < -0.39 is 0 Å². The van der Waals surface area contributed by atoms with Crippen LogP contribution in [0.4, 0.5) is 0 Å². The van der Waals surface area contributed by atoms with Gasteiger partial charge in [0.15, 0.2) is 5.01 Å². The number of nitrogens with zero attached hydrogens (tertiary/aromatic N) is 1. The molecule has 0 bridgehead atoms. The first-order valence-electron chi connectivity index (χ1n) is 6.50. The van der Waals surface area contributed by atoms with Crippen molar-refractivity contribution in [3.05, 3.63) is 16.1 Å². The molecule has 2 N–H and O–H groups in total. The van der Waals surface area contributed by atoms with Gasteiger partial charge in [0.2, 0.25) is 0 Å². The van der Waals surface area contributed by atoms with Crippen LogP contribution in [0.3, 0.4) is 0 Å². The topological polar surface area (TPSA) is 62.2 Å². The molecule has 1 amide bonds. The van der Waals surface area contributed by atoms with Gasteiger partial charge in [0, 0.05) is 11.4 Å². The molecule has 0 aliphatic heterocycles. The molecule has 1 aliphatic rings. The molecular formula is C13H20N2O2S. The van der Waals surface area contributed by atoms with Crippen LogP contribution in [-0.4, -0.2) is 28.1 Å². The summed E-state index contributed by atoms with van der Waals surface area (Å²) in [6.45, 7) is 4.14. The quantitative estimate of drug-likeness (QED) is 0.884. The highest BCUT2D eigenvalue weighted by Gasteiger charge is 2.22. The highest BCUT2D eigenvalue weighted by molar-refractivity contribution is 7.11. The lowest BCUT2D eigenvalue weighted by Crippen LogP contribution is -2.38. The highest BCUT2D eigenvalue weighted by Crippen LogP contribution is 2.20. The van der Waals surface area contributed by atoms with Gasteiger partial charge < -0.3 is 10.4 Å². The third-order valence-corrected chi connectivity index (χ3v) is 4.20. The number of aromatic nitrogens is 1. The number of aliphatic hydroxyl groups is 1.